The largest absolute Gasteiger partial charge is 0.350 e. The molecule has 3 unspecified atom stereocenters. The van der Waals surface area contributed by atoms with Gasteiger partial charge in [0.15, 0.2) is 0 Å². The predicted molar refractivity (Wildman–Crippen MR) is 88.7 cm³/mol. The maximum absolute atomic E-state index is 12.2. The third kappa shape index (κ3) is 4.51. The van der Waals surface area contributed by atoms with Crippen molar-refractivity contribution in [3.05, 3.63) is 39.9 Å². The minimum Gasteiger partial charge on any atom is -0.350 e. The first-order valence-electron chi connectivity index (χ1n) is 7.97. The number of nitro benzene ring substituents is 1. The Labute approximate surface area is 140 Å². The Balaban J connectivity index is 1.94. The molecule has 3 N–H and O–H groups in total. The topological polar surface area (TPSA) is 113 Å². The van der Waals surface area contributed by atoms with E-state index < -0.39 is 16.9 Å². The highest BCUT2D eigenvalue weighted by Crippen LogP contribution is 2.13. The maximum atomic E-state index is 12.2. The van der Waals surface area contributed by atoms with Crippen LogP contribution >= 0.6 is 0 Å². The molecule has 1 aromatic rings. The zero-order valence-corrected chi connectivity index (χ0v) is 13.7. The summed E-state index contributed by atoms with van der Waals surface area (Å²) in [4.78, 5) is 34.6. The van der Waals surface area contributed by atoms with Crippen molar-refractivity contribution in [2.24, 2.45) is 0 Å². The number of carbonyl (C=O) groups is 2. The lowest BCUT2D eigenvalue weighted by Gasteiger charge is -2.31. The lowest BCUT2D eigenvalue weighted by molar-refractivity contribution is -0.384. The van der Waals surface area contributed by atoms with Gasteiger partial charge in [0.1, 0.15) is 6.04 Å². The van der Waals surface area contributed by atoms with Crippen LogP contribution in [0.15, 0.2) is 24.3 Å². The number of piperidine rings is 1. The normalized spacial score (nSPS) is 21.6. The molecule has 2 amide bonds. The second-order valence-corrected chi connectivity index (χ2v) is 6.00. The molecule has 24 heavy (non-hydrogen) atoms. The van der Waals surface area contributed by atoms with Gasteiger partial charge in [0, 0.05) is 29.8 Å². The van der Waals surface area contributed by atoms with Crippen molar-refractivity contribution in [1.29, 1.82) is 0 Å². The average Bonchev–Trinajstić information content (AvgIpc) is 2.56. The van der Waals surface area contributed by atoms with Gasteiger partial charge in [0.05, 0.1) is 4.92 Å². The number of carbonyl (C=O) groups excluding carboxylic acids is 2. The van der Waals surface area contributed by atoms with Gasteiger partial charge in [-0.3, -0.25) is 19.7 Å². The van der Waals surface area contributed by atoms with Crippen LogP contribution in [-0.4, -0.2) is 41.4 Å². The summed E-state index contributed by atoms with van der Waals surface area (Å²) in [6, 6.07) is 4.89. The molecule has 3 atom stereocenters. The fraction of sp³-hybridized carbons (Fsp3) is 0.500. The van der Waals surface area contributed by atoms with Crippen LogP contribution < -0.4 is 16.0 Å². The van der Waals surface area contributed by atoms with E-state index in [2.05, 4.69) is 16.0 Å². The molecule has 2 rings (SSSR count). The minimum atomic E-state index is -0.731. The molecule has 1 aliphatic heterocycles. The van der Waals surface area contributed by atoms with E-state index in [1.165, 1.54) is 24.3 Å². The molecule has 1 aromatic carbocycles. The first kappa shape index (κ1) is 17.9. The minimum absolute atomic E-state index is 0.0309. The van der Waals surface area contributed by atoms with Crippen molar-refractivity contribution >= 4 is 17.5 Å². The summed E-state index contributed by atoms with van der Waals surface area (Å²) in [5.41, 5.74) is -0.0154. The third-order valence-corrected chi connectivity index (χ3v) is 4.15. The van der Waals surface area contributed by atoms with Gasteiger partial charge in [-0.1, -0.05) is 6.07 Å². The molecule has 0 aliphatic carbocycles. The highest BCUT2D eigenvalue weighted by Gasteiger charge is 2.25. The summed E-state index contributed by atoms with van der Waals surface area (Å²) in [5.74, 6) is -0.787. The van der Waals surface area contributed by atoms with Gasteiger partial charge in [0.25, 0.3) is 11.6 Å². The number of nitro groups is 1. The molecule has 0 aromatic heterocycles. The first-order chi connectivity index (χ1) is 11.4. The quantitative estimate of drug-likeness (QED) is 0.548. The second kappa shape index (κ2) is 7.87. The van der Waals surface area contributed by atoms with Crippen LogP contribution in [0, 0.1) is 10.1 Å². The molecule has 0 bridgehead atoms. The van der Waals surface area contributed by atoms with E-state index in [4.69, 9.17) is 0 Å². The van der Waals surface area contributed by atoms with Crippen LogP contribution in [0.3, 0.4) is 0 Å². The van der Waals surface area contributed by atoms with E-state index in [9.17, 15) is 19.7 Å². The molecule has 0 radical (unpaired) electrons. The summed E-state index contributed by atoms with van der Waals surface area (Å²) in [6.45, 7) is 4.54. The van der Waals surface area contributed by atoms with E-state index in [0.717, 1.165) is 19.4 Å². The van der Waals surface area contributed by atoms with E-state index in [-0.39, 0.29) is 29.2 Å². The Morgan fingerprint density at radius 3 is 2.83 bits per heavy atom. The number of hydrogen-bond donors (Lipinski definition) is 3. The van der Waals surface area contributed by atoms with Crippen molar-refractivity contribution in [2.45, 2.75) is 44.8 Å². The van der Waals surface area contributed by atoms with E-state index in [0.29, 0.717) is 0 Å². The van der Waals surface area contributed by atoms with Gasteiger partial charge >= 0.3 is 0 Å². The fourth-order valence-electron chi connectivity index (χ4n) is 2.66. The Morgan fingerprint density at radius 1 is 1.42 bits per heavy atom. The van der Waals surface area contributed by atoms with Gasteiger partial charge in [-0.15, -0.1) is 0 Å². The number of non-ortho nitro benzene ring substituents is 1. The molecule has 0 saturated carbocycles. The van der Waals surface area contributed by atoms with Crippen LogP contribution in [0.4, 0.5) is 5.69 Å². The Kier molecular flexibility index (Phi) is 5.86. The zero-order chi connectivity index (χ0) is 17.7. The number of nitrogens with zero attached hydrogens (tertiary/aromatic N) is 1. The highest BCUT2D eigenvalue weighted by atomic mass is 16.6. The third-order valence-electron chi connectivity index (χ3n) is 4.15. The molecule has 0 spiro atoms. The molecular weight excluding hydrogens is 312 g/mol. The van der Waals surface area contributed by atoms with Gasteiger partial charge < -0.3 is 16.0 Å². The lowest BCUT2D eigenvalue weighted by atomic mass is 9.99. The molecule has 1 heterocycles. The van der Waals surface area contributed by atoms with Crippen molar-refractivity contribution in [3.63, 3.8) is 0 Å². The number of nitrogens with one attached hydrogen (secondary N) is 3. The van der Waals surface area contributed by atoms with E-state index >= 15 is 0 Å². The predicted octanol–water partition coefficient (Wildman–Crippen LogP) is 0.970. The van der Waals surface area contributed by atoms with Crippen LogP contribution in [0.25, 0.3) is 0 Å². The van der Waals surface area contributed by atoms with Crippen molar-refractivity contribution in [3.8, 4) is 0 Å². The van der Waals surface area contributed by atoms with E-state index in [1.54, 1.807) is 6.92 Å². The van der Waals surface area contributed by atoms with Gasteiger partial charge in [-0.25, -0.2) is 0 Å². The van der Waals surface area contributed by atoms with E-state index in [1.807, 2.05) is 6.92 Å². The molecule has 8 heteroatoms. The Hall–Kier alpha value is -2.48. The molecule has 8 nitrogen and oxygen atoms in total. The Bertz CT molecular complexity index is 634. The maximum Gasteiger partial charge on any atom is 0.270 e. The SMILES string of the molecule is CC(NC(=O)c1cccc([N+](=O)[O-])c1)C(=O)NC1CCCNC1C. The number of amides is 2. The van der Waals surface area contributed by atoms with Gasteiger partial charge in [-0.2, -0.15) is 0 Å². The van der Waals surface area contributed by atoms with Gasteiger partial charge in [0.2, 0.25) is 5.91 Å². The number of benzene rings is 1. The van der Waals surface area contributed by atoms with Crippen molar-refractivity contribution in [1.82, 2.24) is 16.0 Å². The van der Waals surface area contributed by atoms with Crippen LogP contribution in [0.5, 0.6) is 0 Å². The molecule has 1 aliphatic rings. The average molecular weight is 334 g/mol. The standard InChI is InChI=1S/C16H22N4O4/c1-10-14(7-4-8-17-10)19-15(21)11(2)18-16(22)12-5-3-6-13(9-12)20(23)24/h3,5-6,9-11,14,17H,4,7-8H2,1-2H3,(H,18,22)(H,19,21). The van der Waals surface area contributed by atoms with Crippen molar-refractivity contribution in [2.75, 3.05) is 6.54 Å². The smallest absolute Gasteiger partial charge is 0.270 e. The zero-order valence-electron chi connectivity index (χ0n) is 13.7. The summed E-state index contributed by atoms with van der Waals surface area (Å²) >= 11 is 0. The van der Waals surface area contributed by atoms with Crippen molar-refractivity contribution < 1.29 is 14.5 Å². The Morgan fingerprint density at radius 2 is 2.17 bits per heavy atom. The molecule has 1 saturated heterocycles. The van der Waals surface area contributed by atoms with Gasteiger partial charge in [-0.05, 0) is 39.3 Å². The molecule has 1 fully saturated rings. The molecular formula is C16H22N4O4. The number of rotatable bonds is 5. The summed E-state index contributed by atoms with van der Waals surface area (Å²) in [5, 5.41) is 19.6. The molecule has 130 valence electrons. The summed E-state index contributed by atoms with van der Waals surface area (Å²) < 4.78 is 0. The first-order valence-corrected chi connectivity index (χ1v) is 7.97. The summed E-state index contributed by atoms with van der Waals surface area (Å²) in [7, 11) is 0. The van der Waals surface area contributed by atoms with Crippen LogP contribution in [0.2, 0.25) is 0 Å². The second-order valence-electron chi connectivity index (χ2n) is 6.00. The monoisotopic (exact) mass is 334 g/mol. The lowest BCUT2D eigenvalue weighted by Crippen LogP contribution is -2.55. The summed E-state index contributed by atoms with van der Waals surface area (Å²) in [6.07, 6.45) is 1.88. The number of hydrogen-bond acceptors (Lipinski definition) is 5. The fourth-order valence-corrected chi connectivity index (χ4v) is 2.66. The van der Waals surface area contributed by atoms with Crippen LogP contribution in [-0.2, 0) is 4.79 Å². The highest BCUT2D eigenvalue weighted by molar-refractivity contribution is 5.97. The van der Waals surface area contributed by atoms with Crippen LogP contribution in [0.1, 0.15) is 37.0 Å².